The number of aromatic nitrogens is 1. The second kappa shape index (κ2) is 3.24. The molecule has 0 radical (unpaired) electrons. The zero-order valence-electron chi connectivity index (χ0n) is 8.57. The Kier molecular flexibility index (Phi) is 2.45. The molecular weight excluding hydrogens is 164 g/mol. The van der Waals surface area contributed by atoms with E-state index < -0.39 is 0 Å². The fourth-order valence-electron chi connectivity index (χ4n) is 1.02. The third-order valence-corrected chi connectivity index (χ3v) is 1.51. The van der Waals surface area contributed by atoms with Crippen molar-refractivity contribution in [2.24, 2.45) is 4.99 Å². The normalized spacial score (nSPS) is 13.4. The van der Waals surface area contributed by atoms with E-state index in [0.717, 1.165) is 10.3 Å². The van der Waals surface area contributed by atoms with Crippen LogP contribution in [0.25, 0.3) is 0 Å². The van der Waals surface area contributed by atoms with E-state index >= 15 is 0 Å². The van der Waals surface area contributed by atoms with Crippen molar-refractivity contribution in [3.8, 4) is 0 Å². The Hall–Kier alpha value is -1.25. The highest BCUT2D eigenvalue weighted by atomic mass is 16.5. The Morgan fingerprint density at radius 3 is 2.38 bits per heavy atom. The number of aryl methyl sites for hydroxylation is 1. The van der Waals surface area contributed by atoms with Gasteiger partial charge in [-0.3, -0.25) is 4.99 Å². The summed E-state index contributed by atoms with van der Waals surface area (Å²) in [7, 11) is 0. The molecule has 1 aromatic heterocycles. The van der Waals surface area contributed by atoms with Gasteiger partial charge in [0.05, 0.1) is 5.54 Å². The molecule has 3 nitrogen and oxygen atoms in total. The number of rotatable bonds is 0. The van der Waals surface area contributed by atoms with Gasteiger partial charge in [-0.2, -0.15) is 4.73 Å². The predicted molar refractivity (Wildman–Crippen MR) is 51.7 cm³/mol. The molecule has 3 heteroatoms. The first kappa shape index (κ1) is 9.84. The SMILES string of the molecule is Cc1ccc(=NC(C)(C)C)n(O)c1. The average Bonchev–Trinajstić information content (AvgIpc) is 1.93. The van der Waals surface area contributed by atoms with Crippen LogP contribution in [0, 0.1) is 6.92 Å². The molecule has 0 fully saturated rings. The van der Waals surface area contributed by atoms with E-state index in [2.05, 4.69) is 4.99 Å². The Morgan fingerprint density at radius 1 is 1.31 bits per heavy atom. The monoisotopic (exact) mass is 180 g/mol. The molecule has 0 unspecified atom stereocenters. The van der Waals surface area contributed by atoms with Crippen molar-refractivity contribution in [3.05, 3.63) is 29.4 Å². The maximum Gasteiger partial charge on any atom is 0.163 e. The molecule has 0 aromatic carbocycles. The van der Waals surface area contributed by atoms with Gasteiger partial charge < -0.3 is 5.21 Å². The van der Waals surface area contributed by atoms with Crippen molar-refractivity contribution in [3.63, 3.8) is 0 Å². The van der Waals surface area contributed by atoms with Crippen LogP contribution in [0.2, 0.25) is 0 Å². The number of nitrogens with zero attached hydrogens (tertiary/aromatic N) is 2. The second-order valence-corrected chi connectivity index (χ2v) is 4.19. The third-order valence-electron chi connectivity index (χ3n) is 1.51. The summed E-state index contributed by atoms with van der Waals surface area (Å²) in [5, 5.41) is 9.48. The van der Waals surface area contributed by atoms with Crippen molar-refractivity contribution < 1.29 is 5.21 Å². The second-order valence-electron chi connectivity index (χ2n) is 4.19. The van der Waals surface area contributed by atoms with Crippen LogP contribution in [0.15, 0.2) is 23.3 Å². The van der Waals surface area contributed by atoms with E-state index in [4.69, 9.17) is 0 Å². The Balaban J connectivity index is 3.24. The molecule has 1 aromatic rings. The summed E-state index contributed by atoms with van der Waals surface area (Å²) in [5.41, 5.74) is 1.42. The lowest BCUT2D eigenvalue weighted by Gasteiger charge is -2.11. The van der Waals surface area contributed by atoms with Crippen LogP contribution in [-0.4, -0.2) is 15.5 Å². The number of pyridine rings is 1. The summed E-state index contributed by atoms with van der Waals surface area (Å²) in [4.78, 5) is 4.35. The van der Waals surface area contributed by atoms with Gasteiger partial charge in [-0.15, -0.1) is 0 Å². The Morgan fingerprint density at radius 2 is 1.92 bits per heavy atom. The summed E-state index contributed by atoms with van der Waals surface area (Å²) >= 11 is 0. The Labute approximate surface area is 78.3 Å². The van der Waals surface area contributed by atoms with Crippen LogP contribution in [0.4, 0.5) is 0 Å². The van der Waals surface area contributed by atoms with Crippen molar-refractivity contribution in [2.75, 3.05) is 0 Å². The zero-order chi connectivity index (χ0) is 10.1. The van der Waals surface area contributed by atoms with E-state index in [0.29, 0.717) is 5.49 Å². The van der Waals surface area contributed by atoms with Crippen LogP contribution >= 0.6 is 0 Å². The summed E-state index contributed by atoms with van der Waals surface area (Å²) in [6.07, 6.45) is 1.64. The van der Waals surface area contributed by atoms with E-state index in [-0.39, 0.29) is 5.54 Å². The average molecular weight is 180 g/mol. The summed E-state index contributed by atoms with van der Waals surface area (Å²) in [6.45, 7) is 7.90. The van der Waals surface area contributed by atoms with Crippen LogP contribution in [0.1, 0.15) is 26.3 Å². The number of hydrogen-bond donors (Lipinski definition) is 1. The molecule has 0 aliphatic heterocycles. The number of hydrogen-bond acceptors (Lipinski definition) is 2. The fourth-order valence-corrected chi connectivity index (χ4v) is 1.02. The van der Waals surface area contributed by atoms with Gasteiger partial charge in [0.2, 0.25) is 0 Å². The van der Waals surface area contributed by atoms with E-state index in [1.54, 1.807) is 12.3 Å². The lowest BCUT2D eigenvalue weighted by molar-refractivity contribution is 0.169. The summed E-state index contributed by atoms with van der Waals surface area (Å²) in [5.74, 6) is 0. The maximum atomic E-state index is 9.48. The van der Waals surface area contributed by atoms with Crippen molar-refractivity contribution in [1.29, 1.82) is 0 Å². The van der Waals surface area contributed by atoms with Gasteiger partial charge in [-0.05, 0) is 39.3 Å². The summed E-state index contributed by atoms with van der Waals surface area (Å²) < 4.78 is 1.06. The van der Waals surface area contributed by atoms with Gasteiger partial charge in [0.25, 0.3) is 0 Å². The highest BCUT2D eigenvalue weighted by Crippen LogP contribution is 2.04. The topological polar surface area (TPSA) is 37.5 Å². The zero-order valence-corrected chi connectivity index (χ0v) is 8.57. The molecule has 0 atom stereocenters. The van der Waals surface area contributed by atoms with Gasteiger partial charge in [0.15, 0.2) is 5.49 Å². The molecule has 1 heterocycles. The van der Waals surface area contributed by atoms with E-state index in [1.807, 2.05) is 33.8 Å². The van der Waals surface area contributed by atoms with Gasteiger partial charge in [0, 0.05) is 6.20 Å². The highest BCUT2D eigenvalue weighted by molar-refractivity contribution is 5.06. The molecule has 0 amide bonds. The minimum absolute atomic E-state index is 0.167. The molecule has 72 valence electrons. The molecule has 0 bridgehead atoms. The minimum atomic E-state index is -0.167. The fraction of sp³-hybridized carbons (Fsp3) is 0.500. The molecule has 0 aliphatic rings. The van der Waals surface area contributed by atoms with Gasteiger partial charge in [-0.1, -0.05) is 6.07 Å². The highest BCUT2D eigenvalue weighted by Gasteiger charge is 2.06. The quantitative estimate of drug-likeness (QED) is 0.607. The van der Waals surface area contributed by atoms with Gasteiger partial charge in [-0.25, -0.2) is 0 Å². The molecule has 0 saturated heterocycles. The molecule has 0 aliphatic carbocycles. The van der Waals surface area contributed by atoms with Gasteiger partial charge >= 0.3 is 0 Å². The molecule has 0 spiro atoms. The van der Waals surface area contributed by atoms with Crippen LogP contribution < -0.4 is 5.49 Å². The molecule has 1 rings (SSSR count). The lowest BCUT2D eigenvalue weighted by Crippen LogP contribution is -2.24. The van der Waals surface area contributed by atoms with Crippen LogP contribution in [0.3, 0.4) is 0 Å². The maximum absolute atomic E-state index is 9.48. The minimum Gasteiger partial charge on any atom is -0.427 e. The first-order valence-electron chi connectivity index (χ1n) is 4.33. The van der Waals surface area contributed by atoms with E-state index in [9.17, 15) is 5.21 Å². The summed E-state index contributed by atoms with van der Waals surface area (Å²) in [6, 6.07) is 3.73. The van der Waals surface area contributed by atoms with Crippen LogP contribution in [-0.2, 0) is 0 Å². The van der Waals surface area contributed by atoms with Crippen LogP contribution in [0.5, 0.6) is 0 Å². The third kappa shape index (κ3) is 2.93. The van der Waals surface area contributed by atoms with Crippen molar-refractivity contribution >= 4 is 0 Å². The predicted octanol–water partition coefficient (Wildman–Crippen LogP) is 1.73. The van der Waals surface area contributed by atoms with E-state index in [1.165, 1.54) is 0 Å². The molecule has 13 heavy (non-hydrogen) atoms. The standard InChI is InChI=1S/C10H16N2O/c1-8-5-6-9(12(13)7-8)11-10(2,3)4/h5-7,13H,1-4H3. The molecule has 1 N–H and O–H groups in total. The largest absolute Gasteiger partial charge is 0.427 e. The molecule has 0 saturated carbocycles. The molecular formula is C10H16N2O. The smallest absolute Gasteiger partial charge is 0.163 e. The first-order valence-corrected chi connectivity index (χ1v) is 4.33. The van der Waals surface area contributed by atoms with Gasteiger partial charge in [0.1, 0.15) is 0 Å². The first-order chi connectivity index (χ1) is 5.88. The Bertz CT molecular complexity index is 358. The van der Waals surface area contributed by atoms with Crippen molar-refractivity contribution in [2.45, 2.75) is 33.2 Å². The lowest BCUT2D eigenvalue weighted by atomic mass is 10.1. The van der Waals surface area contributed by atoms with Crippen molar-refractivity contribution in [1.82, 2.24) is 4.73 Å².